The first-order chi connectivity index (χ1) is 9.97. The number of halogens is 1. The Morgan fingerprint density at radius 1 is 1.14 bits per heavy atom. The van der Waals surface area contributed by atoms with Gasteiger partial charge in [0.2, 0.25) is 0 Å². The fourth-order valence-corrected chi connectivity index (χ4v) is 2.67. The highest BCUT2D eigenvalue weighted by Gasteiger charge is 2.08. The molecule has 21 heavy (non-hydrogen) atoms. The zero-order valence-corrected chi connectivity index (χ0v) is 13.7. The lowest BCUT2D eigenvalue weighted by Crippen LogP contribution is -2.19. The molecule has 1 unspecified atom stereocenters. The summed E-state index contributed by atoms with van der Waals surface area (Å²) in [4.78, 5) is 2.21. The maximum Gasteiger partial charge on any atom is 0.0459 e. The highest BCUT2D eigenvalue weighted by atomic mass is 35.5. The van der Waals surface area contributed by atoms with Gasteiger partial charge in [-0.1, -0.05) is 41.9 Å². The predicted molar refractivity (Wildman–Crippen MR) is 92.1 cm³/mol. The van der Waals surface area contributed by atoms with Gasteiger partial charge in [-0.05, 0) is 49.1 Å². The van der Waals surface area contributed by atoms with Gasteiger partial charge in [-0.2, -0.15) is 0 Å². The van der Waals surface area contributed by atoms with Gasteiger partial charge in [0.15, 0.2) is 0 Å². The molecule has 2 aromatic carbocycles. The quantitative estimate of drug-likeness (QED) is 0.898. The average Bonchev–Trinajstić information content (AvgIpc) is 2.43. The third kappa shape index (κ3) is 4.23. The van der Waals surface area contributed by atoms with Gasteiger partial charge >= 0.3 is 0 Å². The Morgan fingerprint density at radius 2 is 1.86 bits per heavy atom. The number of hydrogen-bond donors (Lipinski definition) is 1. The molecule has 3 heteroatoms. The summed E-state index contributed by atoms with van der Waals surface area (Å²) in [5, 5.41) is 0.793. The van der Waals surface area contributed by atoms with Crippen molar-refractivity contribution in [3.8, 4) is 0 Å². The van der Waals surface area contributed by atoms with Crippen molar-refractivity contribution < 1.29 is 0 Å². The van der Waals surface area contributed by atoms with E-state index in [2.05, 4.69) is 55.3 Å². The van der Waals surface area contributed by atoms with E-state index in [1.807, 2.05) is 13.0 Å². The minimum Gasteiger partial charge on any atom is -0.370 e. The molecule has 2 rings (SSSR count). The Hall–Kier alpha value is -1.51. The van der Waals surface area contributed by atoms with Crippen LogP contribution in [0.4, 0.5) is 5.69 Å². The lowest BCUT2D eigenvalue weighted by Gasteiger charge is -2.21. The standard InChI is InChI=1S/C18H23ClN2/c1-13-6-4-5-7-16(13)12-21(3)17-9-8-15(10-14(2)20)18(19)11-17/h4-9,11,14H,10,12,20H2,1-3H3. The maximum absolute atomic E-state index is 6.37. The molecule has 0 radical (unpaired) electrons. The third-order valence-electron chi connectivity index (χ3n) is 3.69. The van der Waals surface area contributed by atoms with Crippen LogP contribution in [0.3, 0.4) is 0 Å². The molecular formula is C18H23ClN2. The van der Waals surface area contributed by atoms with Crippen molar-refractivity contribution in [1.29, 1.82) is 0 Å². The minimum atomic E-state index is 0.123. The Bertz CT molecular complexity index is 608. The summed E-state index contributed by atoms with van der Waals surface area (Å²) in [6, 6.07) is 14.8. The second kappa shape index (κ2) is 6.97. The summed E-state index contributed by atoms with van der Waals surface area (Å²) < 4.78 is 0. The summed E-state index contributed by atoms with van der Waals surface area (Å²) in [5.74, 6) is 0. The van der Waals surface area contributed by atoms with E-state index < -0.39 is 0 Å². The fraction of sp³-hybridized carbons (Fsp3) is 0.333. The van der Waals surface area contributed by atoms with Crippen molar-refractivity contribution in [1.82, 2.24) is 0 Å². The summed E-state index contributed by atoms with van der Waals surface area (Å²) in [7, 11) is 2.09. The molecule has 0 aliphatic carbocycles. The average molecular weight is 303 g/mol. The molecule has 2 nitrogen and oxygen atoms in total. The molecule has 2 aromatic rings. The number of nitrogens with zero attached hydrogens (tertiary/aromatic N) is 1. The number of anilines is 1. The zero-order chi connectivity index (χ0) is 15.4. The Morgan fingerprint density at radius 3 is 2.48 bits per heavy atom. The van der Waals surface area contributed by atoms with Crippen LogP contribution in [0.2, 0.25) is 5.02 Å². The van der Waals surface area contributed by atoms with Gasteiger partial charge in [0.25, 0.3) is 0 Å². The molecule has 0 bridgehead atoms. The lowest BCUT2D eigenvalue weighted by molar-refractivity contribution is 0.738. The smallest absolute Gasteiger partial charge is 0.0459 e. The molecule has 0 saturated heterocycles. The fourth-order valence-electron chi connectivity index (χ4n) is 2.42. The van der Waals surface area contributed by atoms with E-state index >= 15 is 0 Å². The van der Waals surface area contributed by atoms with Crippen LogP contribution in [0.25, 0.3) is 0 Å². The van der Waals surface area contributed by atoms with Crippen LogP contribution in [-0.2, 0) is 13.0 Å². The number of aryl methyl sites for hydroxylation is 1. The van der Waals surface area contributed by atoms with Gasteiger partial charge in [-0.25, -0.2) is 0 Å². The predicted octanol–water partition coefficient (Wildman–Crippen LogP) is 4.17. The van der Waals surface area contributed by atoms with Crippen LogP contribution >= 0.6 is 11.6 Å². The Labute approximate surface area is 132 Å². The monoisotopic (exact) mass is 302 g/mol. The van der Waals surface area contributed by atoms with E-state index in [0.29, 0.717) is 0 Å². The molecular weight excluding hydrogens is 280 g/mol. The topological polar surface area (TPSA) is 29.3 Å². The van der Waals surface area contributed by atoms with E-state index in [0.717, 1.165) is 29.2 Å². The summed E-state index contributed by atoms with van der Waals surface area (Å²) in [6.07, 6.45) is 0.806. The molecule has 0 aliphatic heterocycles. The van der Waals surface area contributed by atoms with Crippen molar-refractivity contribution in [3.63, 3.8) is 0 Å². The first-order valence-corrected chi connectivity index (χ1v) is 7.65. The van der Waals surface area contributed by atoms with Crippen molar-refractivity contribution in [2.24, 2.45) is 5.73 Å². The molecule has 0 fully saturated rings. The third-order valence-corrected chi connectivity index (χ3v) is 4.04. The van der Waals surface area contributed by atoms with E-state index in [1.165, 1.54) is 11.1 Å². The van der Waals surface area contributed by atoms with Crippen molar-refractivity contribution >= 4 is 17.3 Å². The second-order valence-electron chi connectivity index (χ2n) is 5.74. The van der Waals surface area contributed by atoms with Crippen LogP contribution < -0.4 is 10.6 Å². The number of hydrogen-bond acceptors (Lipinski definition) is 2. The molecule has 0 heterocycles. The lowest BCUT2D eigenvalue weighted by atomic mass is 10.1. The number of benzene rings is 2. The Balaban J connectivity index is 2.14. The molecule has 112 valence electrons. The second-order valence-corrected chi connectivity index (χ2v) is 6.15. The van der Waals surface area contributed by atoms with Crippen molar-refractivity contribution in [2.75, 3.05) is 11.9 Å². The van der Waals surface area contributed by atoms with E-state index in [-0.39, 0.29) is 6.04 Å². The van der Waals surface area contributed by atoms with E-state index in [1.54, 1.807) is 0 Å². The molecule has 0 spiro atoms. The van der Waals surface area contributed by atoms with Gasteiger partial charge in [-0.15, -0.1) is 0 Å². The van der Waals surface area contributed by atoms with Gasteiger partial charge in [-0.3, -0.25) is 0 Å². The molecule has 0 amide bonds. The maximum atomic E-state index is 6.37. The van der Waals surface area contributed by atoms with Gasteiger partial charge in [0.05, 0.1) is 0 Å². The summed E-state index contributed by atoms with van der Waals surface area (Å²) in [5.41, 5.74) is 10.7. The number of rotatable bonds is 5. The molecule has 1 atom stereocenters. The summed E-state index contributed by atoms with van der Waals surface area (Å²) in [6.45, 7) is 5.01. The molecule has 0 aliphatic rings. The van der Waals surface area contributed by atoms with Crippen LogP contribution in [0.5, 0.6) is 0 Å². The van der Waals surface area contributed by atoms with Gasteiger partial charge in [0, 0.05) is 30.3 Å². The van der Waals surface area contributed by atoms with Crippen molar-refractivity contribution in [3.05, 3.63) is 64.2 Å². The zero-order valence-electron chi connectivity index (χ0n) is 12.9. The van der Waals surface area contributed by atoms with E-state index in [4.69, 9.17) is 17.3 Å². The molecule has 0 aromatic heterocycles. The highest BCUT2D eigenvalue weighted by Crippen LogP contribution is 2.25. The largest absolute Gasteiger partial charge is 0.370 e. The van der Waals surface area contributed by atoms with E-state index in [9.17, 15) is 0 Å². The van der Waals surface area contributed by atoms with Crippen LogP contribution in [0, 0.1) is 6.92 Å². The van der Waals surface area contributed by atoms with Crippen LogP contribution in [-0.4, -0.2) is 13.1 Å². The van der Waals surface area contributed by atoms with Gasteiger partial charge < -0.3 is 10.6 Å². The van der Waals surface area contributed by atoms with Crippen LogP contribution in [0.15, 0.2) is 42.5 Å². The van der Waals surface area contributed by atoms with Crippen LogP contribution in [0.1, 0.15) is 23.6 Å². The summed E-state index contributed by atoms with van der Waals surface area (Å²) >= 11 is 6.37. The Kier molecular flexibility index (Phi) is 5.27. The molecule has 0 saturated carbocycles. The SMILES string of the molecule is Cc1ccccc1CN(C)c1ccc(CC(C)N)c(Cl)c1. The number of nitrogens with two attached hydrogens (primary N) is 1. The highest BCUT2D eigenvalue weighted by molar-refractivity contribution is 6.31. The first kappa shape index (κ1) is 15.9. The van der Waals surface area contributed by atoms with Crippen molar-refractivity contribution in [2.45, 2.75) is 32.9 Å². The van der Waals surface area contributed by atoms with Gasteiger partial charge in [0.1, 0.15) is 0 Å². The molecule has 2 N–H and O–H groups in total. The normalized spacial score (nSPS) is 12.2. The minimum absolute atomic E-state index is 0.123. The first-order valence-electron chi connectivity index (χ1n) is 7.27.